The molecule has 11 nitrogen and oxygen atoms in total. The molecule has 12 heteroatoms. The highest BCUT2D eigenvalue weighted by Crippen LogP contribution is 2.24. The number of esters is 2. The van der Waals surface area contributed by atoms with Crippen molar-refractivity contribution < 1.29 is 48.4 Å². The highest BCUT2D eigenvalue weighted by Gasteiger charge is 2.20. The number of halogens is 1. The average Bonchev–Trinajstić information content (AvgIpc) is 3.18. The predicted octanol–water partition coefficient (Wildman–Crippen LogP) is 8.08. The molecule has 0 fully saturated rings. The molecule has 0 aromatic heterocycles. The first-order valence-electron chi connectivity index (χ1n) is 18.2. The molecule has 0 saturated carbocycles. The molecule has 0 spiro atoms. The van der Waals surface area contributed by atoms with Crippen LogP contribution in [0.2, 0.25) is 0 Å². The molecule has 2 N–H and O–H groups in total. The Kier molecular flexibility index (Phi) is 17.3. The standard InChI is InChI=1S/C31H27NO6.C14H17IO4/c33-29(34)18-24-13-14-25(17-26(24)19-30(35)36)31(37)32(20-22-7-3-1-4-8-22)21-23-11-15-28(16-12-23)38-27-9-5-2-6-10-27;1-3-18-13(16)8-10-5-6-12(15)7-11(10)9-14(17)19-4-2/h1-17H,18-21H2,(H,33,34)(H,35,36);5-7H,3-4,8-9H2,1-2H3. The van der Waals surface area contributed by atoms with Gasteiger partial charge in [-0.25, -0.2) is 0 Å². The van der Waals surface area contributed by atoms with Crippen LogP contribution in [0.3, 0.4) is 0 Å². The van der Waals surface area contributed by atoms with E-state index in [1.165, 1.54) is 12.1 Å². The van der Waals surface area contributed by atoms with Gasteiger partial charge < -0.3 is 29.3 Å². The number of carbonyl (C=O) groups excluding carboxylic acids is 3. The van der Waals surface area contributed by atoms with Gasteiger partial charge in [-0.05, 0) is 118 Å². The number of rotatable bonds is 17. The minimum atomic E-state index is -1.10. The SMILES string of the molecule is CCOC(=O)Cc1ccc(I)cc1CC(=O)OCC.O=C(O)Cc1ccc(C(=O)N(Cc2ccccc2)Cc2ccc(Oc3ccccc3)cc2)cc1CC(=O)O. The third-order valence-corrected chi connectivity index (χ3v) is 9.04. The Balaban J connectivity index is 0.000000319. The van der Waals surface area contributed by atoms with Gasteiger partial charge >= 0.3 is 23.9 Å². The molecule has 0 aliphatic carbocycles. The van der Waals surface area contributed by atoms with Crippen molar-refractivity contribution in [2.24, 2.45) is 0 Å². The summed E-state index contributed by atoms with van der Waals surface area (Å²) in [6.45, 7) is 4.90. The monoisotopic (exact) mass is 885 g/mol. The van der Waals surface area contributed by atoms with E-state index in [9.17, 15) is 34.2 Å². The molecule has 0 aliphatic rings. The van der Waals surface area contributed by atoms with Crippen LogP contribution >= 0.6 is 22.6 Å². The molecule has 5 aromatic carbocycles. The Hall–Kier alpha value is -6.02. The summed E-state index contributed by atoms with van der Waals surface area (Å²) in [7, 11) is 0. The van der Waals surface area contributed by atoms with E-state index in [1.807, 2.05) is 103 Å². The lowest BCUT2D eigenvalue weighted by molar-refractivity contribution is -0.143. The fourth-order valence-corrected chi connectivity index (χ4v) is 6.34. The summed E-state index contributed by atoms with van der Waals surface area (Å²) in [4.78, 5) is 61.0. The number of ether oxygens (including phenoxy) is 3. The van der Waals surface area contributed by atoms with Crippen LogP contribution in [0.5, 0.6) is 11.5 Å². The third kappa shape index (κ3) is 14.9. The molecule has 0 atom stereocenters. The molecular weight excluding hydrogens is 841 g/mol. The van der Waals surface area contributed by atoms with Crippen LogP contribution in [0.4, 0.5) is 0 Å². The Bertz CT molecular complexity index is 2120. The summed E-state index contributed by atoms with van der Waals surface area (Å²) in [5.74, 6) is -1.62. The highest BCUT2D eigenvalue weighted by atomic mass is 127. The molecule has 0 aliphatic heterocycles. The zero-order valence-corrected chi connectivity index (χ0v) is 33.8. The van der Waals surface area contributed by atoms with Gasteiger partial charge in [0.2, 0.25) is 0 Å². The minimum absolute atomic E-state index is 0.180. The van der Waals surface area contributed by atoms with Crippen molar-refractivity contribution in [3.63, 3.8) is 0 Å². The predicted molar refractivity (Wildman–Crippen MR) is 222 cm³/mol. The molecule has 296 valence electrons. The van der Waals surface area contributed by atoms with Gasteiger partial charge in [0.05, 0.1) is 38.9 Å². The maximum Gasteiger partial charge on any atom is 0.310 e. The fourth-order valence-electron chi connectivity index (χ4n) is 5.78. The summed E-state index contributed by atoms with van der Waals surface area (Å²) >= 11 is 2.17. The Morgan fingerprint density at radius 1 is 0.544 bits per heavy atom. The Morgan fingerprint density at radius 3 is 1.60 bits per heavy atom. The number of carboxylic acids is 2. The first-order chi connectivity index (χ1) is 27.4. The van der Waals surface area contributed by atoms with Crippen LogP contribution < -0.4 is 4.74 Å². The quantitative estimate of drug-likeness (QED) is 0.0692. The topological polar surface area (TPSA) is 157 Å². The van der Waals surface area contributed by atoms with Crippen molar-refractivity contribution in [2.45, 2.75) is 52.6 Å². The van der Waals surface area contributed by atoms with Gasteiger partial charge in [-0.1, -0.05) is 72.8 Å². The molecule has 0 unspecified atom stereocenters. The van der Waals surface area contributed by atoms with Crippen LogP contribution in [0.15, 0.2) is 121 Å². The largest absolute Gasteiger partial charge is 0.481 e. The average molecular weight is 886 g/mol. The number of benzene rings is 5. The number of hydrogen-bond acceptors (Lipinski definition) is 8. The molecule has 5 rings (SSSR count). The summed E-state index contributed by atoms with van der Waals surface area (Å²) in [6.07, 6.45) is -0.327. The number of para-hydroxylation sites is 1. The molecule has 1 amide bonds. The van der Waals surface area contributed by atoms with Gasteiger partial charge in [0.1, 0.15) is 11.5 Å². The number of carbonyl (C=O) groups is 5. The molecule has 0 heterocycles. The number of carboxylic acid groups (broad SMARTS) is 2. The lowest BCUT2D eigenvalue weighted by Crippen LogP contribution is -2.30. The second-order valence-electron chi connectivity index (χ2n) is 12.7. The van der Waals surface area contributed by atoms with E-state index in [2.05, 4.69) is 22.6 Å². The number of nitrogens with zero attached hydrogens (tertiary/aromatic N) is 1. The van der Waals surface area contributed by atoms with E-state index < -0.39 is 11.9 Å². The van der Waals surface area contributed by atoms with Crippen molar-refractivity contribution in [3.8, 4) is 11.5 Å². The zero-order chi connectivity index (χ0) is 41.2. The smallest absolute Gasteiger partial charge is 0.310 e. The van der Waals surface area contributed by atoms with Gasteiger partial charge in [-0.2, -0.15) is 0 Å². The third-order valence-electron chi connectivity index (χ3n) is 8.36. The molecule has 57 heavy (non-hydrogen) atoms. The van der Waals surface area contributed by atoms with Crippen molar-refractivity contribution in [2.75, 3.05) is 13.2 Å². The maximum atomic E-state index is 13.7. The zero-order valence-electron chi connectivity index (χ0n) is 31.7. The molecule has 5 aromatic rings. The number of aliphatic carboxylic acids is 2. The lowest BCUT2D eigenvalue weighted by atomic mass is 9.98. The summed E-state index contributed by atoms with van der Waals surface area (Å²) in [6, 6.07) is 36.7. The second kappa shape index (κ2) is 22.5. The van der Waals surface area contributed by atoms with Crippen LogP contribution in [0, 0.1) is 3.57 Å². The van der Waals surface area contributed by atoms with Crippen LogP contribution in [-0.2, 0) is 67.4 Å². The molecule has 0 bridgehead atoms. The van der Waals surface area contributed by atoms with E-state index in [-0.39, 0.29) is 43.5 Å². The van der Waals surface area contributed by atoms with E-state index in [1.54, 1.807) is 24.8 Å². The first-order valence-corrected chi connectivity index (χ1v) is 19.3. The lowest BCUT2D eigenvalue weighted by Gasteiger charge is -2.24. The Morgan fingerprint density at radius 2 is 1.02 bits per heavy atom. The van der Waals surface area contributed by atoms with Gasteiger partial charge in [0.25, 0.3) is 5.91 Å². The van der Waals surface area contributed by atoms with Crippen LogP contribution in [0.1, 0.15) is 57.6 Å². The van der Waals surface area contributed by atoms with Gasteiger partial charge in [0.15, 0.2) is 0 Å². The molecule has 0 saturated heterocycles. The van der Waals surface area contributed by atoms with E-state index in [4.69, 9.17) is 14.2 Å². The second-order valence-corrected chi connectivity index (χ2v) is 14.0. The van der Waals surface area contributed by atoms with Gasteiger partial charge in [-0.3, -0.25) is 24.0 Å². The fraction of sp³-hybridized carbons (Fsp3) is 0.222. The van der Waals surface area contributed by atoms with E-state index in [0.717, 1.165) is 31.6 Å². The van der Waals surface area contributed by atoms with Crippen LogP contribution in [0.25, 0.3) is 0 Å². The van der Waals surface area contributed by atoms with Gasteiger partial charge in [0, 0.05) is 22.2 Å². The summed E-state index contributed by atoms with van der Waals surface area (Å²) in [5.41, 5.74) is 4.45. The molecular formula is C45H44INO10. The highest BCUT2D eigenvalue weighted by molar-refractivity contribution is 14.1. The van der Waals surface area contributed by atoms with Gasteiger partial charge in [-0.15, -0.1) is 0 Å². The number of amides is 1. The normalized spacial score (nSPS) is 10.4. The van der Waals surface area contributed by atoms with Crippen molar-refractivity contribution in [1.29, 1.82) is 0 Å². The summed E-state index contributed by atoms with van der Waals surface area (Å²) < 4.78 is 16.7. The van der Waals surface area contributed by atoms with Crippen LogP contribution in [-0.4, -0.2) is 58.1 Å². The van der Waals surface area contributed by atoms with Crippen molar-refractivity contribution in [1.82, 2.24) is 4.90 Å². The molecule has 0 radical (unpaired) electrons. The summed E-state index contributed by atoms with van der Waals surface area (Å²) in [5, 5.41) is 18.5. The Labute approximate surface area is 345 Å². The maximum absolute atomic E-state index is 13.7. The number of hydrogen-bond donors (Lipinski definition) is 2. The van der Waals surface area contributed by atoms with E-state index >= 15 is 0 Å². The first kappa shape index (κ1) is 43.7. The van der Waals surface area contributed by atoms with E-state index in [0.29, 0.717) is 48.7 Å². The minimum Gasteiger partial charge on any atom is -0.481 e. The van der Waals surface area contributed by atoms with Crippen molar-refractivity contribution >= 4 is 52.4 Å². The van der Waals surface area contributed by atoms with Crippen molar-refractivity contribution in [3.05, 3.63) is 164 Å².